The summed E-state index contributed by atoms with van der Waals surface area (Å²) in [6, 6.07) is 2.97. The van der Waals surface area contributed by atoms with Crippen LogP contribution < -0.4 is 10.9 Å². The summed E-state index contributed by atoms with van der Waals surface area (Å²) in [4.78, 5) is 23.8. The third kappa shape index (κ3) is 2.76. The van der Waals surface area contributed by atoms with E-state index in [0.29, 0.717) is 16.3 Å². The van der Waals surface area contributed by atoms with E-state index in [2.05, 4.69) is 41.2 Å². The normalized spacial score (nSPS) is 10.3. The maximum absolute atomic E-state index is 11.9. The van der Waals surface area contributed by atoms with Crippen molar-refractivity contribution in [1.82, 2.24) is 36.6 Å². The molecule has 10 nitrogen and oxygen atoms in total. The summed E-state index contributed by atoms with van der Waals surface area (Å²) in [5, 5.41) is 18.5. The van der Waals surface area contributed by atoms with Gasteiger partial charge in [0.25, 0.3) is 11.8 Å². The van der Waals surface area contributed by atoms with Gasteiger partial charge in [0.05, 0.1) is 4.88 Å². The predicted molar refractivity (Wildman–Crippen MR) is 68.9 cm³/mol. The average Bonchev–Trinajstić information content (AvgIpc) is 3.25. The summed E-state index contributed by atoms with van der Waals surface area (Å²) in [5.41, 5.74) is 5.21. The zero-order valence-corrected chi connectivity index (χ0v) is 11.0. The van der Waals surface area contributed by atoms with Crippen molar-refractivity contribution >= 4 is 23.2 Å². The Morgan fingerprint density at radius 1 is 1.29 bits per heavy atom. The van der Waals surface area contributed by atoms with E-state index in [1.807, 2.05) is 0 Å². The maximum Gasteiger partial charge on any atom is 0.291 e. The molecule has 3 N–H and O–H groups in total. The first kappa shape index (κ1) is 12.9. The Morgan fingerprint density at radius 3 is 2.86 bits per heavy atom. The number of rotatable bonds is 3. The van der Waals surface area contributed by atoms with E-state index < -0.39 is 11.8 Å². The molecule has 0 atom stereocenters. The van der Waals surface area contributed by atoms with E-state index in [-0.39, 0.29) is 5.69 Å². The maximum atomic E-state index is 11.9. The highest BCUT2D eigenvalue weighted by Crippen LogP contribution is 2.21. The van der Waals surface area contributed by atoms with Gasteiger partial charge in [0.2, 0.25) is 5.82 Å². The topological polar surface area (TPSA) is 139 Å². The molecule has 0 saturated carbocycles. The van der Waals surface area contributed by atoms with Gasteiger partial charge in [-0.25, -0.2) is 0 Å². The molecular weight excluding hydrogens is 298 g/mol. The zero-order chi connectivity index (χ0) is 14.7. The fourth-order valence-electron chi connectivity index (χ4n) is 1.43. The number of hydrazine groups is 1. The number of carbonyl (C=O) groups excluding carboxylic acids is 2. The second kappa shape index (κ2) is 5.50. The third-order valence-corrected chi connectivity index (χ3v) is 3.32. The van der Waals surface area contributed by atoms with Gasteiger partial charge in [-0.15, -0.1) is 21.5 Å². The molecule has 0 unspecified atom stereocenters. The van der Waals surface area contributed by atoms with Crippen molar-refractivity contribution in [3.05, 3.63) is 34.3 Å². The molecule has 21 heavy (non-hydrogen) atoms. The van der Waals surface area contributed by atoms with Crippen LogP contribution in [0.15, 0.2) is 28.3 Å². The van der Waals surface area contributed by atoms with Crippen molar-refractivity contribution in [1.29, 1.82) is 0 Å². The number of tetrazole rings is 1. The first-order valence-electron chi connectivity index (χ1n) is 5.57. The smallest absolute Gasteiger partial charge is 0.291 e. The minimum absolute atomic E-state index is 0.0639. The first-order valence-corrected chi connectivity index (χ1v) is 6.45. The van der Waals surface area contributed by atoms with Crippen LogP contribution in [0.3, 0.4) is 0 Å². The second-order valence-electron chi connectivity index (χ2n) is 3.73. The van der Waals surface area contributed by atoms with E-state index in [9.17, 15) is 9.59 Å². The fourth-order valence-corrected chi connectivity index (χ4v) is 2.21. The van der Waals surface area contributed by atoms with Crippen LogP contribution in [-0.4, -0.2) is 37.6 Å². The SMILES string of the molecule is O=C(NNC(=O)c1cc(-c2nn[nH]n2)cs1)c1ccon1. The standard InChI is InChI=1S/C10H7N7O3S/c18-9(6-1-2-20-15-6)13-14-10(19)7-3-5(4-21-7)8-11-16-17-12-8/h1-4H,(H,13,18)(H,14,19)(H,11,12,16,17). The van der Waals surface area contributed by atoms with Gasteiger partial charge >= 0.3 is 0 Å². The molecule has 3 rings (SSSR count). The molecule has 0 aliphatic rings. The average molecular weight is 305 g/mol. The molecule has 0 bridgehead atoms. The molecule has 0 radical (unpaired) electrons. The van der Waals surface area contributed by atoms with Gasteiger partial charge in [-0.05, 0) is 11.3 Å². The molecule has 3 aromatic heterocycles. The van der Waals surface area contributed by atoms with Crippen LogP contribution in [0, 0.1) is 0 Å². The number of aromatic amines is 1. The number of thiophene rings is 1. The highest BCUT2D eigenvalue weighted by atomic mass is 32.1. The lowest BCUT2D eigenvalue weighted by Crippen LogP contribution is -2.41. The molecular formula is C10H7N7O3S. The third-order valence-electron chi connectivity index (χ3n) is 2.39. The molecule has 0 saturated heterocycles. The molecule has 3 aromatic rings. The van der Waals surface area contributed by atoms with Gasteiger partial charge in [0.15, 0.2) is 5.69 Å². The number of hydrogen-bond donors (Lipinski definition) is 3. The van der Waals surface area contributed by atoms with E-state index in [4.69, 9.17) is 0 Å². The summed E-state index contributed by atoms with van der Waals surface area (Å²) in [7, 11) is 0. The lowest BCUT2D eigenvalue weighted by molar-refractivity contribution is 0.0843. The summed E-state index contributed by atoms with van der Waals surface area (Å²) in [5.74, 6) is -0.657. The lowest BCUT2D eigenvalue weighted by Gasteiger charge is -2.03. The number of H-pyrrole nitrogens is 1. The van der Waals surface area contributed by atoms with Crippen LogP contribution >= 0.6 is 11.3 Å². The van der Waals surface area contributed by atoms with Gasteiger partial charge in [-0.3, -0.25) is 20.4 Å². The van der Waals surface area contributed by atoms with Gasteiger partial charge in [-0.2, -0.15) is 5.21 Å². The summed E-state index contributed by atoms with van der Waals surface area (Å²) >= 11 is 1.19. The Balaban J connectivity index is 1.62. The Hall–Kier alpha value is -3.08. The van der Waals surface area contributed by atoms with E-state index >= 15 is 0 Å². The summed E-state index contributed by atoms with van der Waals surface area (Å²) in [6.07, 6.45) is 1.26. The Kier molecular flexibility index (Phi) is 3.39. The number of nitrogens with zero attached hydrogens (tertiary/aromatic N) is 4. The number of amides is 2. The highest BCUT2D eigenvalue weighted by molar-refractivity contribution is 7.12. The minimum Gasteiger partial charge on any atom is -0.364 e. The van der Waals surface area contributed by atoms with E-state index in [1.165, 1.54) is 23.7 Å². The van der Waals surface area contributed by atoms with Gasteiger partial charge in [-0.1, -0.05) is 5.16 Å². The van der Waals surface area contributed by atoms with Crippen molar-refractivity contribution in [2.75, 3.05) is 0 Å². The molecule has 11 heteroatoms. The van der Waals surface area contributed by atoms with Gasteiger partial charge < -0.3 is 4.52 Å². The van der Waals surface area contributed by atoms with Crippen LogP contribution in [0.5, 0.6) is 0 Å². The molecule has 0 aliphatic heterocycles. The Bertz CT molecular complexity index is 750. The number of carbonyl (C=O) groups is 2. The largest absolute Gasteiger partial charge is 0.364 e. The zero-order valence-electron chi connectivity index (χ0n) is 10.2. The van der Waals surface area contributed by atoms with Crippen molar-refractivity contribution in [3.8, 4) is 11.4 Å². The monoisotopic (exact) mass is 305 g/mol. The Labute approximate surface area is 120 Å². The Morgan fingerprint density at radius 2 is 2.14 bits per heavy atom. The molecule has 0 aliphatic carbocycles. The van der Waals surface area contributed by atoms with E-state index in [0.717, 1.165) is 0 Å². The fraction of sp³-hybridized carbons (Fsp3) is 0. The lowest BCUT2D eigenvalue weighted by atomic mass is 10.3. The first-order chi connectivity index (χ1) is 10.2. The quantitative estimate of drug-likeness (QED) is 0.578. The van der Waals surface area contributed by atoms with Crippen molar-refractivity contribution in [2.24, 2.45) is 0 Å². The minimum atomic E-state index is -0.577. The summed E-state index contributed by atoms with van der Waals surface area (Å²) < 4.78 is 4.53. The number of hydrogen-bond acceptors (Lipinski definition) is 8. The van der Waals surface area contributed by atoms with Gasteiger partial charge in [0.1, 0.15) is 6.26 Å². The van der Waals surface area contributed by atoms with Crippen LogP contribution in [0.1, 0.15) is 20.2 Å². The van der Waals surface area contributed by atoms with Crippen LogP contribution in [-0.2, 0) is 0 Å². The van der Waals surface area contributed by atoms with Crippen LogP contribution in [0.4, 0.5) is 0 Å². The summed E-state index contributed by atoms with van der Waals surface area (Å²) in [6.45, 7) is 0. The number of aromatic nitrogens is 5. The molecule has 0 fully saturated rings. The molecule has 0 spiro atoms. The molecule has 0 aromatic carbocycles. The van der Waals surface area contributed by atoms with Crippen LogP contribution in [0.25, 0.3) is 11.4 Å². The second-order valence-corrected chi connectivity index (χ2v) is 4.64. The van der Waals surface area contributed by atoms with Gasteiger partial charge in [0, 0.05) is 17.0 Å². The molecule has 2 amide bonds. The van der Waals surface area contributed by atoms with Crippen molar-refractivity contribution in [3.63, 3.8) is 0 Å². The molecule has 3 heterocycles. The molecule has 106 valence electrons. The van der Waals surface area contributed by atoms with E-state index in [1.54, 1.807) is 11.4 Å². The number of nitrogens with one attached hydrogen (secondary N) is 3. The van der Waals surface area contributed by atoms with Crippen LogP contribution in [0.2, 0.25) is 0 Å². The van der Waals surface area contributed by atoms with Crippen molar-refractivity contribution in [2.45, 2.75) is 0 Å². The van der Waals surface area contributed by atoms with Crippen molar-refractivity contribution < 1.29 is 14.1 Å². The predicted octanol–water partition coefficient (Wildman–Crippen LogP) is -0.00900. The highest BCUT2D eigenvalue weighted by Gasteiger charge is 2.14.